The van der Waals surface area contributed by atoms with Crippen LogP contribution in [0.25, 0.3) is 22.6 Å². The van der Waals surface area contributed by atoms with Gasteiger partial charge in [-0.05, 0) is 30.7 Å². The molecule has 0 unspecified atom stereocenters. The molecule has 0 radical (unpaired) electrons. The summed E-state index contributed by atoms with van der Waals surface area (Å²) in [4.78, 5) is 20.6. The second-order valence-corrected chi connectivity index (χ2v) is 6.55. The minimum atomic E-state index is -0.164. The van der Waals surface area contributed by atoms with Crippen LogP contribution in [-0.4, -0.2) is 24.9 Å². The van der Waals surface area contributed by atoms with E-state index < -0.39 is 0 Å². The Balaban J connectivity index is 1.66. The first kappa shape index (κ1) is 17.6. The summed E-state index contributed by atoms with van der Waals surface area (Å²) in [6.45, 7) is 2.36. The molecule has 0 bridgehead atoms. The van der Waals surface area contributed by atoms with Gasteiger partial charge in [0, 0.05) is 17.2 Å². The summed E-state index contributed by atoms with van der Waals surface area (Å²) in [6.07, 6.45) is 2.71. The highest BCUT2D eigenvalue weighted by Gasteiger charge is 2.07. The first-order valence-corrected chi connectivity index (χ1v) is 8.84. The standard InChI is InChI=1S/C22H18N4O2/c1-15-4-2-6-17(10-15)20-8-9-21(28)26(25-20)14-16-5-3-7-18(11-16)22-23-12-19(27)13-24-22/h2-13,27H,14H2,1H3. The van der Waals surface area contributed by atoms with E-state index in [4.69, 9.17) is 0 Å². The Morgan fingerprint density at radius 1 is 0.929 bits per heavy atom. The van der Waals surface area contributed by atoms with Crippen LogP contribution in [0.15, 0.2) is 77.9 Å². The van der Waals surface area contributed by atoms with Crippen LogP contribution in [0.5, 0.6) is 5.75 Å². The van der Waals surface area contributed by atoms with Crippen molar-refractivity contribution in [3.63, 3.8) is 0 Å². The molecule has 6 nitrogen and oxygen atoms in total. The highest BCUT2D eigenvalue weighted by atomic mass is 16.3. The molecule has 1 N–H and O–H groups in total. The maximum absolute atomic E-state index is 12.3. The summed E-state index contributed by atoms with van der Waals surface area (Å²) >= 11 is 0. The normalized spacial score (nSPS) is 10.8. The van der Waals surface area contributed by atoms with Crippen LogP contribution in [0.3, 0.4) is 0 Å². The van der Waals surface area contributed by atoms with Gasteiger partial charge in [0.05, 0.1) is 24.6 Å². The smallest absolute Gasteiger partial charge is 0.267 e. The highest BCUT2D eigenvalue weighted by molar-refractivity contribution is 5.59. The van der Waals surface area contributed by atoms with Crippen molar-refractivity contribution in [2.24, 2.45) is 0 Å². The molecule has 4 rings (SSSR count). The molecule has 0 aliphatic carbocycles. The van der Waals surface area contributed by atoms with Crippen LogP contribution in [0, 0.1) is 6.92 Å². The number of rotatable bonds is 4. The molecule has 2 aromatic heterocycles. The topological polar surface area (TPSA) is 80.9 Å². The van der Waals surface area contributed by atoms with Crippen LogP contribution >= 0.6 is 0 Å². The van der Waals surface area contributed by atoms with Crippen molar-refractivity contribution in [1.29, 1.82) is 0 Å². The van der Waals surface area contributed by atoms with Crippen molar-refractivity contribution in [3.8, 4) is 28.4 Å². The van der Waals surface area contributed by atoms with Gasteiger partial charge in [0.1, 0.15) is 0 Å². The Kier molecular flexibility index (Phi) is 4.68. The predicted molar refractivity (Wildman–Crippen MR) is 107 cm³/mol. The van der Waals surface area contributed by atoms with Crippen molar-refractivity contribution in [1.82, 2.24) is 19.7 Å². The molecule has 0 atom stereocenters. The number of nitrogens with zero attached hydrogens (tertiary/aromatic N) is 4. The molecule has 28 heavy (non-hydrogen) atoms. The predicted octanol–water partition coefficient (Wildman–Crippen LogP) is 3.43. The van der Waals surface area contributed by atoms with E-state index in [0.717, 1.165) is 27.9 Å². The van der Waals surface area contributed by atoms with Gasteiger partial charge in [-0.3, -0.25) is 4.79 Å². The fraction of sp³-hybridized carbons (Fsp3) is 0.0909. The van der Waals surface area contributed by atoms with E-state index >= 15 is 0 Å². The molecule has 2 aromatic carbocycles. The summed E-state index contributed by atoms with van der Waals surface area (Å²) in [5.41, 5.74) is 4.41. The largest absolute Gasteiger partial charge is 0.505 e. The number of hydrogen-bond donors (Lipinski definition) is 1. The van der Waals surface area contributed by atoms with Crippen LogP contribution in [-0.2, 0) is 6.54 Å². The van der Waals surface area contributed by atoms with E-state index in [1.165, 1.54) is 23.1 Å². The van der Waals surface area contributed by atoms with E-state index in [-0.39, 0.29) is 11.3 Å². The summed E-state index contributed by atoms with van der Waals surface area (Å²) in [5.74, 6) is 0.525. The van der Waals surface area contributed by atoms with E-state index in [9.17, 15) is 9.90 Å². The summed E-state index contributed by atoms with van der Waals surface area (Å²) in [7, 11) is 0. The van der Waals surface area contributed by atoms with Crippen LogP contribution in [0.4, 0.5) is 0 Å². The maximum Gasteiger partial charge on any atom is 0.267 e. The Morgan fingerprint density at radius 3 is 2.46 bits per heavy atom. The highest BCUT2D eigenvalue weighted by Crippen LogP contribution is 2.19. The molecule has 0 amide bonds. The van der Waals surface area contributed by atoms with Gasteiger partial charge in [-0.1, -0.05) is 42.0 Å². The van der Waals surface area contributed by atoms with Crippen molar-refractivity contribution in [2.75, 3.05) is 0 Å². The monoisotopic (exact) mass is 370 g/mol. The van der Waals surface area contributed by atoms with E-state index in [1.54, 1.807) is 6.07 Å². The molecule has 2 heterocycles. The van der Waals surface area contributed by atoms with Crippen molar-refractivity contribution in [3.05, 3.63) is 94.5 Å². The molecular weight excluding hydrogens is 352 g/mol. The number of hydrogen-bond acceptors (Lipinski definition) is 5. The molecule has 138 valence electrons. The molecule has 0 saturated carbocycles. The van der Waals surface area contributed by atoms with Crippen LogP contribution in [0.1, 0.15) is 11.1 Å². The first-order valence-electron chi connectivity index (χ1n) is 8.84. The first-order chi connectivity index (χ1) is 13.6. The minimum Gasteiger partial charge on any atom is -0.505 e. The van der Waals surface area contributed by atoms with E-state index in [0.29, 0.717) is 12.4 Å². The fourth-order valence-corrected chi connectivity index (χ4v) is 2.97. The number of aryl methyl sites for hydroxylation is 1. The number of aromatic nitrogens is 4. The lowest BCUT2D eigenvalue weighted by Crippen LogP contribution is -2.22. The zero-order valence-corrected chi connectivity index (χ0v) is 15.3. The Bertz CT molecular complexity index is 1180. The third-order valence-electron chi connectivity index (χ3n) is 4.34. The second kappa shape index (κ2) is 7.44. The van der Waals surface area contributed by atoms with Gasteiger partial charge in [0.15, 0.2) is 11.6 Å². The summed E-state index contributed by atoms with van der Waals surface area (Å²) < 4.78 is 1.45. The second-order valence-electron chi connectivity index (χ2n) is 6.55. The summed E-state index contributed by atoms with van der Waals surface area (Å²) in [6, 6.07) is 18.9. The molecular formula is C22H18N4O2. The van der Waals surface area contributed by atoms with Gasteiger partial charge >= 0.3 is 0 Å². The summed E-state index contributed by atoms with van der Waals surface area (Å²) in [5, 5.41) is 13.9. The van der Waals surface area contributed by atoms with E-state index in [1.807, 2.05) is 55.5 Å². The van der Waals surface area contributed by atoms with Gasteiger partial charge in [-0.2, -0.15) is 5.10 Å². The van der Waals surface area contributed by atoms with Crippen molar-refractivity contribution >= 4 is 0 Å². The SMILES string of the molecule is Cc1cccc(-c2ccc(=O)n(Cc3cccc(-c4ncc(O)cn4)c3)n2)c1. The quantitative estimate of drug-likeness (QED) is 0.595. The molecule has 0 spiro atoms. The van der Waals surface area contributed by atoms with Crippen LogP contribution < -0.4 is 5.56 Å². The zero-order chi connectivity index (χ0) is 19.5. The third kappa shape index (κ3) is 3.81. The average Bonchev–Trinajstić information content (AvgIpc) is 2.70. The van der Waals surface area contributed by atoms with Crippen molar-refractivity contribution < 1.29 is 5.11 Å². The van der Waals surface area contributed by atoms with Gasteiger partial charge in [-0.15, -0.1) is 0 Å². The molecule has 0 fully saturated rings. The van der Waals surface area contributed by atoms with Gasteiger partial charge in [0.25, 0.3) is 5.56 Å². The lowest BCUT2D eigenvalue weighted by Gasteiger charge is -2.09. The maximum atomic E-state index is 12.3. The van der Waals surface area contributed by atoms with Crippen molar-refractivity contribution in [2.45, 2.75) is 13.5 Å². The molecule has 4 aromatic rings. The zero-order valence-electron chi connectivity index (χ0n) is 15.3. The van der Waals surface area contributed by atoms with E-state index in [2.05, 4.69) is 15.1 Å². The van der Waals surface area contributed by atoms with Gasteiger partial charge < -0.3 is 5.11 Å². The Labute approximate surface area is 161 Å². The van der Waals surface area contributed by atoms with Gasteiger partial charge in [0.2, 0.25) is 0 Å². The number of aromatic hydroxyl groups is 1. The Morgan fingerprint density at radius 2 is 1.68 bits per heavy atom. The molecule has 0 aliphatic heterocycles. The third-order valence-corrected chi connectivity index (χ3v) is 4.34. The Hall–Kier alpha value is -3.80. The van der Waals surface area contributed by atoms with Gasteiger partial charge in [-0.25, -0.2) is 14.6 Å². The lowest BCUT2D eigenvalue weighted by molar-refractivity contribution is 0.470. The molecule has 0 aliphatic rings. The minimum absolute atomic E-state index is 0.0172. The lowest BCUT2D eigenvalue weighted by atomic mass is 10.1. The average molecular weight is 370 g/mol. The van der Waals surface area contributed by atoms with Crippen LogP contribution in [0.2, 0.25) is 0 Å². The molecule has 0 saturated heterocycles. The fourth-order valence-electron chi connectivity index (χ4n) is 2.97. The number of benzene rings is 2. The molecule has 6 heteroatoms.